The van der Waals surface area contributed by atoms with Crippen molar-refractivity contribution in [3.05, 3.63) is 66.2 Å². The van der Waals surface area contributed by atoms with Crippen LogP contribution in [0.25, 0.3) is 0 Å². The number of ether oxygens (including phenoxy) is 1. The van der Waals surface area contributed by atoms with Crippen molar-refractivity contribution in [2.75, 3.05) is 6.61 Å². The Morgan fingerprint density at radius 1 is 1.17 bits per heavy atom. The molecule has 2 aromatic rings. The summed E-state index contributed by atoms with van der Waals surface area (Å²) < 4.78 is 18.7. The number of aryl methyl sites for hydroxylation is 1. The van der Waals surface area contributed by atoms with Crippen LogP contribution in [-0.4, -0.2) is 43.3 Å². The molecule has 0 saturated carbocycles. The van der Waals surface area contributed by atoms with Crippen LogP contribution in [0.1, 0.15) is 18.9 Å². The predicted octanol–water partition coefficient (Wildman–Crippen LogP) is 2.24. The Labute approximate surface area is 148 Å². The molecule has 0 aromatic heterocycles. The molecule has 0 unspecified atom stereocenters. The average molecular weight is 395 g/mol. The number of benzene rings is 2. The minimum absolute atomic E-state index is 0.0841. The maximum atomic E-state index is 15.5. The van der Waals surface area contributed by atoms with Crippen molar-refractivity contribution in [2.24, 2.45) is 0 Å². The van der Waals surface area contributed by atoms with E-state index in [9.17, 15) is 9.90 Å². The maximum absolute atomic E-state index is 15.5. The van der Waals surface area contributed by atoms with E-state index in [0.29, 0.717) is 10.9 Å². The minimum atomic E-state index is -2.39. The van der Waals surface area contributed by atoms with E-state index < -0.39 is 31.6 Å². The topological polar surface area (TPSA) is 46.5 Å². The van der Waals surface area contributed by atoms with E-state index in [4.69, 9.17) is 4.74 Å². The first-order valence-corrected chi connectivity index (χ1v) is 9.59. The normalized spacial score (nSPS) is 14.6. The second kappa shape index (κ2) is 8.97. The van der Waals surface area contributed by atoms with Crippen LogP contribution in [-0.2, 0) is 16.0 Å². The quantitative estimate of drug-likeness (QED) is 0.551. The molecule has 2 atom stereocenters. The molecular formula is C19H21FO3Se. The summed E-state index contributed by atoms with van der Waals surface area (Å²) in [6.45, 7) is 1.71. The molecular weight excluding hydrogens is 374 g/mol. The summed E-state index contributed by atoms with van der Waals surface area (Å²) in [5, 5.41) is 10.4. The molecule has 128 valence electrons. The molecule has 0 spiro atoms. The molecule has 3 nitrogen and oxygen atoms in total. The van der Waals surface area contributed by atoms with E-state index in [2.05, 4.69) is 0 Å². The van der Waals surface area contributed by atoms with Crippen LogP contribution in [0.2, 0.25) is 0 Å². The second-order valence-corrected chi connectivity index (χ2v) is 7.98. The fourth-order valence-corrected chi connectivity index (χ4v) is 4.44. The molecule has 0 aliphatic rings. The van der Waals surface area contributed by atoms with Gasteiger partial charge in [-0.25, -0.2) is 0 Å². The number of carbonyl (C=O) groups is 1. The molecule has 0 fully saturated rings. The van der Waals surface area contributed by atoms with Gasteiger partial charge in [-0.15, -0.1) is 0 Å². The number of aliphatic hydroxyl groups excluding tert-OH is 1. The summed E-state index contributed by atoms with van der Waals surface area (Å²) >= 11 is -0.878. The Balaban J connectivity index is 2.13. The number of hydrogen-bond acceptors (Lipinski definition) is 3. The van der Waals surface area contributed by atoms with Crippen molar-refractivity contribution in [2.45, 2.75) is 30.4 Å². The third-order valence-corrected chi connectivity index (χ3v) is 6.15. The summed E-state index contributed by atoms with van der Waals surface area (Å²) in [6, 6.07) is 18.4. The molecule has 0 saturated heterocycles. The van der Waals surface area contributed by atoms with Crippen LogP contribution in [0, 0.1) is 0 Å². The van der Waals surface area contributed by atoms with E-state index >= 15 is 4.39 Å². The van der Waals surface area contributed by atoms with E-state index in [-0.39, 0.29) is 13.0 Å². The van der Waals surface area contributed by atoms with E-state index in [0.717, 1.165) is 5.56 Å². The molecule has 0 radical (unpaired) electrons. The number of alkyl halides is 1. The van der Waals surface area contributed by atoms with Crippen LogP contribution in [0.5, 0.6) is 0 Å². The van der Waals surface area contributed by atoms with Crippen molar-refractivity contribution < 1.29 is 19.0 Å². The molecule has 0 bridgehead atoms. The third-order valence-electron chi connectivity index (χ3n) is 3.54. The number of carbonyl (C=O) groups excluding carboxylic acids is 1. The van der Waals surface area contributed by atoms with E-state index in [1.807, 2.05) is 36.4 Å². The Kier molecular flexibility index (Phi) is 6.98. The summed E-state index contributed by atoms with van der Waals surface area (Å²) in [6.07, 6.45) is -0.747. The molecule has 0 aliphatic heterocycles. The molecule has 0 amide bonds. The summed E-state index contributed by atoms with van der Waals surface area (Å²) in [7, 11) is 0. The van der Waals surface area contributed by atoms with Crippen LogP contribution in [0.3, 0.4) is 0 Å². The van der Waals surface area contributed by atoms with Crippen molar-refractivity contribution in [1.29, 1.82) is 0 Å². The summed E-state index contributed by atoms with van der Waals surface area (Å²) in [5.74, 6) is -0.977. The Morgan fingerprint density at radius 3 is 2.33 bits per heavy atom. The molecule has 5 heteroatoms. The van der Waals surface area contributed by atoms with Gasteiger partial charge in [0.2, 0.25) is 0 Å². The Bertz CT molecular complexity index is 636. The fraction of sp³-hybridized carbons (Fsp3) is 0.316. The van der Waals surface area contributed by atoms with Crippen molar-refractivity contribution >= 4 is 25.4 Å². The molecule has 0 heterocycles. The number of aliphatic hydroxyl groups is 1. The Hall–Kier alpha value is -1.68. The monoisotopic (exact) mass is 396 g/mol. The summed E-state index contributed by atoms with van der Waals surface area (Å²) in [5.41, 5.74) is 0.995. The van der Waals surface area contributed by atoms with Crippen molar-refractivity contribution in [3.8, 4) is 0 Å². The van der Waals surface area contributed by atoms with Gasteiger partial charge in [0.1, 0.15) is 0 Å². The third kappa shape index (κ3) is 4.91. The van der Waals surface area contributed by atoms with Gasteiger partial charge in [-0.05, 0) is 0 Å². The van der Waals surface area contributed by atoms with Gasteiger partial charge in [-0.3, -0.25) is 0 Å². The zero-order valence-electron chi connectivity index (χ0n) is 13.5. The standard InChI is InChI=1S/C19H21FO3Se/c1-2-23-18(22)19(20,24-16-11-7-4-8-12-16)17(21)14-13-15-9-5-3-6-10-15/h3-12,17,21H,2,13-14H2,1H3/t17-,19+/m0/s1. The van der Waals surface area contributed by atoms with Crippen LogP contribution >= 0.6 is 0 Å². The molecule has 24 heavy (non-hydrogen) atoms. The average Bonchev–Trinajstić information content (AvgIpc) is 2.61. The molecule has 1 N–H and O–H groups in total. The number of esters is 1. The van der Waals surface area contributed by atoms with Gasteiger partial charge in [0.05, 0.1) is 0 Å². The zero-order valence-corrected chi connectivity index (χ0v) is 15.2. The molecule has 0 aliphatic carbocycles. The summed E-state index contributed by atoms with van der Waals surface area (Å²) in [4.78, 5) is 12.2. The van der Waals surface area contributed by atoms with Gasteiger partial charge < -0.3 is 0 Å². The number of rotatable bonds is 8. The number of halogens is 1. The van der Waals surface area contributed by atoms with Crippen LogP contribution in [0.15, 0.2) is 60.7 Å². The van der Waals surface area contributed by atoms with Gasteiger partial charge in [0, 0.05) is 0 Å². The van der Waals surface area contributed by atoms with Crippen LogP contribution in [0.4, 0.5) is 4.39 Å². The predicted molar refractivity (Wildman–Crippen MR) is 93.1 cm³/mol. The van der Waals surface area contributed by atoms with E-state index in [1.54, 1.807) is 31.2 Å². The first-order chi connectivity index (χ1) is 11.6. The van der Waals surface area contributed by atoms with Gasteiger partial charge in [0.15, 0.2) is 0 Å². The zero-order chi connectivity index (χ0) is 17.4. The van der Waals surface area contributed by atoms with Gasteiger partial charge in [-0.2, -0.15) is 0 Å². The first kappa shape index (κ1) is 18.7. The van der Waals surface area contributed by atoms with Gasteiger partial charge >= 0.3 is 148 Å². The Morgan fingerprint density at radius 2 is 1.75 bits per heavy atom. The SMILES string of the molecule is CCOC(=O)[C@](F)([Se]c1ccccc1)[C@@H](O)CCc1ccccc1. The molecule has 2 rings (SSSR count). The molecule has 2 aromatic carbocycles. The fourth-order valence-electron chi connectivity index (χ4n) is 2.27. The van der Waals surface area contributed by atoms with Gasteiger partial charge in [-0.1, -0.05) is 0 Å². The number of hydrogen-bond donors (Lipinski definition) is 1. The van der Waals surface area contributed by atoms with Gasteiger partial charge in [0.25, 0.3) is 0 Å². The second-order valence-electron chi connectivity index (χ2n) is 5.32. The first-order valence-electron chi connectivity index (χ1n) is 7.88. The van der Waals surface area contributed by atoms with E-state index in [1.165, 1.54) is 0 Å². The van der Waals surface area contributed by atoms with Crippen molar-refractivity contribution in [1.82, 2.24) is 0 Å². The van der Waals surface area contributed by atoms with Crippen molar-refractivity contribution in [3.63, 3.8) is 0 Å². The van der Waals surface area contributed by atoms with Crippen LogP contribution < -0.4 is 4.46 Å².